The average molecular weight is 261 g/mol. The van der Waals surface area contributed by atoms with Gasteiger partial charge < -0.3 is 5.11 Å². The minimum absolute atomic E-state index is 0.281. The standard InChI is InChI=1S/C18H15NO/c19-12-13-5-10-18-15(11-13)3-1-2-4-17(18)14-6-8-16(20)9-7-14/h4-11,20H,1-3H2. The summed E-state index contributed by atoms with van der Waals surface area (Å²) in [6.07, 6.45) is 5.39. The molecule has 0 aromatic heterocycles. The zero-order valence-electron chi connectivity index (χ0n) is 11.1. The summed E-state index contributed by atoms with van der Waals surface area (Å²) >= 11 is 0. The van der Waals surface area contributed by atoms with Gasteiger partial charge in [0.2, 0.25) is 0 Å². The van der Waals surface area contributed by atoms with Crippen molar-refractivity contribution in [2.75, 3.05) is 0 Å². The summed E-state index contributed by atoms with van der Waals surface area (Å²) < 4.78 is 0. The first-order valence-electron chi connectivity index (χ1n) is 6.81. The molecule has 0 amide bonds. The fourth-order valence-electron chi connectivity index (χ4n) is 2.70. The van der Waals surface area contributed by atoms with E-state index in [2.05, 4.69) is 12.1 Å². The van der Waals surface area contributed by atoms with Crippen LogP contribution >= 0.6 is 0 Å². The van der Waals surface area contributed by atoms with E-state index < -0.39 is 0 Å². The lowest BCUT2D eigenvalue weighted by atomic mass is 9.92. The molecule has 0 aliphatic heterocycles. The normalized spacial score (nSPS) is 13.8. The van der Waals surface area contributed by atoms with Crippen LogP contribution in [0.15, 0.2) is 48.5 Å². The number of aryl methyl sites for hydroxylation is 1. The molecule has 3 rings (SSSR count). The molecule has 1 aliphatic carbocycles. The average Bonchev–Trinajstić information content (AvgIpc) is 2.69. The van der Waals surface area contributed by atoms with Crippen LogP contribution in [0.1, 0.15) is 35.1 Å². The minimum atomic E-state index is 0.281. The molecule has 0 saturated heterocycles. The molecule has 0 spiro atoms. The Labute approximate surface area is 118 Å². The van der Waals surface area contributed by atoms with Crippen molar-refractivity contribution in [1.29, 1.82) is 5.26 Å². The molecule has 0 unspecified atom stereocenters. The summed E-state index contributed by atoms with van der Waals surface area (Å²) in [6.45, 7) is 0. The Balaban J connectivity index is 2.11. The van der Waals surface area contributed by atoms with Crippen molar-refractivity contribution < 1.29 is 5.11 Å². The Hall–Kier alpha value is -2.53. The summed E-state index contributed by atoms with van der Waals surface area (Å²) in [7, 11) is 0. The van der Waals surface area contributed by atoms with Gasteiger partial charge in [0.25, 0.3) is 0 Å². The molecule has 0 heterocycles. The second-order valence-corrected chi connectivity index (χ2v) is 5.04. The van der Waals surface area contributed by atoms with Crippen LogP contribution in [0.2, 0.25) is 0 Å². The molecule has 1 N–H and O–H groups in total. The van der Waals surface area contributed by atoms with Crippen molar-refractivity contribution >= 4 is 5.57 Å². The first-order chi connectivity index (χ1) is 9.78. The smallest absolute Gasteiger partial charge is 0.115 e. The third-order valence-corrected chi connectivity index (χ3v) is 3.70. The van der Waals surface area contributed by atoms with Gasteiger partial charge in [0.15, 0.2) is 0 Å². The fraction of sp³-hybridized carbons (Fsp3) is 0.167. The molecular formula is C18H15NO. The Morgan fingerprint density at radius 3 is 2.60 bits per heavy atom. The number of benzene rings is 2. The van der Waals surface area contributed by atoms with E-state index in [-0.39, 0.29) is 5.75 Å². The van der Waals surface area contributed by atoms with Gasteiger partial charge in [-0.1, -0.05) is 24.3 Å². The Morgan fingerprint density at radius 1 is 1.05 bits per heavy atom. The summed E-state index contributed by atoms with van der Waals surface area (Å²) in [4.78, 5) is 0. The van der Waals surface area contributed by atoms with Crippen molar-refractivity contribution in [1.82, 2.24) is 0 Å². The molecular weight excluding hydrogens is 246 g/mol. The lowest BCUT2D eigenvalue weighted by Gasteiger charge is -2.11. The second-order valence-electron chi connectivity index (χ2n) is 5.04. The van der Waals surface area contributed by atoms with E-state index in [1.54, 1.807) is 12.1 Å². The van der Waals surface area contributed by atoms with Gasteiger partial charge in [0.05, 0.1) is 11.6 Å². The quantitative estimate of drug-likeness (QED) is 0.842. The van der Waals surface area contributed by atoms with Crippen LogP contribution in [0.25, 0.3) is 5.57 Å². The summed E-state index contributed by atoms with van der Waals surface area (Å²) in [5.74, 6) is 0.281. The largest absolute Gasteiger partial charge is 0.508 e. The maximum absolute atomic E-state index is 9.42. The molecule has 20 heavy (non-hydrogen) atoms. The molecule has 2 heteroatoms. The van der Waals surface area contributed by atoms with E-state index in [1.807, 2.05) is 30.3 Å². The van der Waals surface area contributed by atoms with Crippen molar-refractivity contribution in [2.24, 2.45) is 0 Å². The summed E-state index contributed by atoms with van der Waals surface area (Å²) in [5, 5.41) is 18.4. The van der Waals surface area contributed by atoms with Gasteiger partial charge in [-0.3, -0.25) is 0 Å². The highest BCUT2D eigenvalue weighted by Gasteiger charge is 2.13. The number of hydrogen-bond acceptors (Lipinski definition) is 2. The topological polar surface area (TPSA) is 44.0 Å². The van der Waals surface area contributed by atoms with E-state index in [0.29, 0.717) is 0 Å². The molecule has 0 saturated carbocycles. The Morgan fingerprint density at radius 2 is 1.85 bits per heavy atom. The number of fused-ring (bicyclic) bond motifs is 1. The number of allylic oxidation sites excluding steroid dienone is 1. The number of nitrogens with zero attached hydrogens (tertiary/aromatic N) is 1. The van der Waals surface area contributed by atoms with Gasteiger partial charge in [-0.2, -0.15) is 5.26 Å². The number of aromatic hydroxyl groups is 1. The van der Waals surface area contributed by atoms with Gasteiger partial charge in [-0.15, -0.1) is 0 Å². The van der Waals surface area contributed by atoms with Gasteiger partial charge >= 0.3 is 0 Å². The van der Waals surface area contributed by atoms with E-state index in [1.165, 1.54) is 16.7 Å². The third kappa shape index (κ3) is 2.31. The highest BCUT2D eigenvalue weighted by molar-refractivity contribution is 5.82. The molecule has 0 fully saturated rings. The third-order valence-electron chi connectivity index (χ3n) is 3.70. The van der Waals surface area contributed by atoms with E-state index in [9.17, 15) is 5.11 Å². The van der Waals surface area contributed by atoms with E-state index in [0.717, 1.165) is 30.4 Å². The van der Waals surface area contributed by atoms with Crippen LogP contribution in [0.5, 0.6) is 5.75 Å². The highest BCUT2D eigenvalue weighted by Crippen LogP contribution is 2.32. The molecule has 1 aliphatic rings. The van der Waals surface area contributed by atoms with Crippen molar-refractivity contribution in [2.45, 2.75) is 19.3 Å². The predicted octanol–water partition coefficient (Wildman–Crippen LogP) is 4.03. The van der Waals surface area contributed by atoms with Gasteiger partial charge in [0.1, 0.15) is 5.75 Å². The van der Waals surface area contributed by atoms with Gasteiger partial charge in [0, 0.05) is 0 Å². The van der Waals surface area contributed by atoms with Crippen molar-refractivity contribution in [3.63, 3.8) is 0 Å². The van der Waals surface area contributed by atoms with Crippen LogP contribution in [-0.2, 0) is 6.42 Å². The molecule has 0 atom stereocenters. The van der Waals surface area contributed by atoms with Crippen LogP contribution in [0.4, 0.5) is 0 Å². The maximum atomic E-state index is 9.42. The first-order valence-corrected chi connectivity index (χ1v) is 6.81. The Bertz CT molecular complexity index is 705. The number of nitriles is 1. The SMILES string of the molecule is N#Cc1ccc2c(c1)CCCC=C2c1ccc(O)cc1. The number of phenolic OH excluding ortho intramolecular Hbond substituents is 1. The molecule has 0 radical (unpaired) electrons. The lowest BCUT2D eigenvalue weighted by molar-refractivity contribution is 0.475. The van der Waals surface area contributed by atoms with Crippen LogP contribution in [-0.4, -0.2) is 5.11 Å². The van der Waals surface area contributed by atoms with E-state index >= 15 is 0 Å². The number of rotatable bonds is 1. The van der Waals surface area contributed by atoms with E-state index in [4.69, 9.17) is 5.26 Å². The van der Waals surface area contributed by atoms with Crippen LogP contribution < -0.4 is 0 Å². The monoisotopic (exact) mass is 261 g/mol. The molecule has 0 bridgehead atoms. The van der Waals surface area contributed by atoms with Gasteiger partial charge in [-0.25, -0.2) is 0 Å². The maximum Gasteiger partial charge on any atom is 0.115 e. The second kappa shape index (κ2) is 5.22. The predicted molar refractivity (Wildman–Crippen MR) is 79.3 cm³/mol. The molecule has 2 aromatic carbocycles. The van der Waals surface area contributed by atoms with Crippen molar-refractivity contribution in [3.05, 3.63) is 70.8 Å². The molecule has 98 valence electrons. The Kier molecular flexibility index (Phi) is 3.26. The van der Waals surface area contributed by atoms with Gasteiger partial charge in [-0.05, 0) is 65.8 Å². The zero-order valence-corrected chi connectivity index (χ0v) is 11.1. The first kappa shape index (κ1) is 12.5. The molecule has 2 nitrogen and oxygen atoms in total. The fourth-order valence-corrected chi connectivity index (χ4v) is 2.70. The summed E-state index contributed by atoms with van der Waals surface area (Å²) in [5.41, 5.74) is 5.46. The van der Waals surface area contributed by atoms with Crippen LogP contribution in [0.3, 0.4) is 0 Å². The zero-order chi connectivity index (χ0) is 13.9. The minimum Gasteiger partial charge on any atom is -0.508 e. The van der Waals surface area contributed by atoms with Crippen molar-refractivity contribution in [3.8, 4) is 11.8 Å². The summed E-state index contributed by atoms with van der Waals surface area (Å²) in [6, 6.07) is 15.4. The van der Waals surface area contributed by atoms with Crippen LogP contribution in [0, 0.1) is 11.3 Å². The number of hydrogen-bond donors (Lipinski definition) is 1. The molecule has 2 aromatic rings. The lowest BCUT2D eigenvalue weighted by Crippen LogP contribution is -1.94. The highest BCUT2D eigenvalue weighted by atomic mass is 16.3. The number of phenols is 1.